The predicted molar refractivity (Wildman–Crippen MR) is 171 cm³/mol. The number of carbonyl (C=O) groups is 2. The molecule has 0 saturated heterocycles. The van der Waals surface area contributed by atoms with Gasteiger partial charge < -0.3 is 19.5 Å². The second kappa shape index (κ2) is 16.0. The zero-order valence-corrected chi connectivity index (χ0v) is 25.7. The van der Waals surface area contributed by atoms with Crippen LogP contribution in [0.2, 0.25) is 0 Å². The van der Waals surface area contributed by atoms with Gasteiger partial charge in [0.1, 0.15) is 5.75 Å². The number of methoxy groups -OCH3 is 2. The lowest BCUT2D eigenvalue weighted by molar-refractivity contribution is -0.121. The first-order chi connectivity index (χ1) is 21.8. The molecule has 0 radical (unpaired) electrons. The summed E-state index contributed by atoms with van der Waals surface area (Å²) in [5, 5.41) is 6.72. The largest absolute Gasteiger partial charge is 0.493 e. The van der Waals surface area contributed by atoms with Crippen LogP contribution in [0.3, 0.4) is 0 Å². The van der Waals surface area contributed by atoms with E-state index in [1.54, 1.807) is 36.4 Å². The van der Waals surface area contributed by atoms with E-state index < -0.39 is 22.5 Å². The number of hydrogen-bond acceptors (Lipinski definition) is 8. The fourth-order valence-electron chi connectivity index (χ4n) is 4.20. The van der Waals surface area contributed by atoms with E-state index in [1.165, 1.54) is 38.6 Å². The minimum absolute atomic E-state index is 0.0376. The number of anilines is 1. The SMILES string of the molecule is COc1ccc(S(=O)(=O)N(CCc2ccccc2)CC(=O)N/N=C/c2ccc(OCC(=O)Nc3ccccc3)cc2)cc1OC. The van der Waals surface area contributed by atoms with Gasteiger partial charge in [-0.25, -0.2) is 13.8 Å². The zero-order chi connectivity index (χ0) is 32.1. The molecule has 0 aliphatic carbocycles. The summed E-state index contributed by atoms with van der Waals surface area (Å²) in [6, 6.07) is 29.5. The molecular formula is C33H34N4O7S. The van der Waals surface area contributed by atoms with Crippen LogP contribution in [0, 0.1) is 0 Å². The van der Waals surface area contributed by atoms with Gasteiger partial charge in [-0.2, -0.15) is 9.41 Å². The summed E-state index contributed by atoms with van der Waals surface area (Å²) >= 11 is 0. The summed E-state index contributed by atoms with van der Waals surface area (Å²) in [7, 11) is -1.22. The number of sulfonamides is 1. The van der Waals surface area contributed by atoms with E-state index in [0.717, 1.165) is 9.87 Å². The lowest BCUT2D eigenvalue weighted by atomic mass is 10.1. The maximum absolute atomic E-state index is 13.6. The molecule has 4 aromatic carbocycles. The molecule has 0 unspecified atom stereocenters. The van der Waals surface area contributed by atoms with Gasteiger partial charge in [0, 0.05) is 18.3 Å². The molecule has 0 fully saturated rings. The zero-order valence-electron chi connectivity index (χ0n) is 24.9. The molecule has 0 atom stereocenters. The number of carbonyl (C=O) groups excluding carboxylic acids is 2. The molecule has 2 N–H and O–H groups in total. The Hall–Kier alpha value is -5.20. The van der Waals surface area contributed by atoms with Gasteiger partial charge in [-0.05, 0) is 66.1 Å². The molecule has 0 aliphatic rings. The number of ether oxygens (including phenoxy) is 3. The summed E-state index contributed by atoms with van der Waals surface area (Å²) in [4.78, 5) is 24.9. The third kappa shape index (κ3) is 9.65. The number of hydrazone groups is 1. The highest BCUT2D eigenvalue weighted by molar-refractivity contribution is 7.89. The van der Waals surface area contributed by atoms with Crippen LogP contribution >= 0.6 is 0 Å². The second-order valence-corrected chi connectivity index (χ2v) is 11.6. The molecule has 12 heteroatoms. The van der Waals surface area contributed by atoms with Crippen molar-refractivity contribution in [2.75, 3.05) is 39.2 Å². The van der Waals surface area contributed by atoms with Gasteiger partial charge in [0.05, 0.1) is 31.9 Å². The van der Waals surface area contributed by atoms with Crippen LogP contribution in [-0.2, 0) is 26.0 Å². The Bertz CT molecular complexity index is 1700. The monoisotopic (exact) mass is 630 g/mol. The van der Waals surface area contributed by atoms with Crippen molar-refractivity contribution < 1.29 is 32.2 Å². The van der Waals surface area contributed by atoms with E-state index in [9.17, 15) is 18.0 Å². The van der Waals surface area contributed by atoms with Gasteiger partial charge in [-0.3, -0.25) is 9.59 Å². The van der Waals surface area contributed by atoms with Gasteiger partial charge in [0.2, 0.25) is 10.0 Å². The molecular weight excluding hydrogens is 596 g/mol. The molecule has 2 amide bonds. The van der Waals surface area contributed by atoms with Crippen LogP contribution in [0.5, 0.6) is 17.2 Å². The Morgan fingerprint density at radius 3 is 2.16 bits per heavy atom. The van der Waals surface area contributed by atoms with Crippen LogP contribution in [0.15, 0.2) is 113 Å². The van der Waals surface area contributed by atoms with Crippen molar-refractivity contribution in [3.8, 4) is 17.2 Å². The fourth-order valence-corrected chi connectivity index (χ4v) is 5.61. The summed E-state index contributed by atoms with van der Waals surface area (Å²) in [6.07, 6.45) is 1.81. The van der Waals surface area contributed by atoms with E-state index in [4.69, 9.17) is 14.2 Å². The first kappa shape index (κ1) is 32.7. The Balaban J connectivity index is 1.36. The van der Waals surface area contributed by atoms with Crippen molar-refractivity contribution in [3.05, 3.63) is 114 Å². The van der Waals surface area contributed by atoms with E-state index in [1.807, 2.05) is 48.5 Å². The van der Waals surface area contributed by atoms with Crippen molar-refractivity contribution in [3.63, 3.8) is 0 Å². The average Bonchev–Trinajstić information content (AvgIpc) is 3.06. The van der Waals surface area contributed by atoms with Crippen LogP contribution in [0.4, 0.5) is 5.69 Å². The number of hydrogen-bond donors (Lipinski definition) is 2. The number of rotatable bonds is 15. The normalized spacial score (nSPS) is 11.3. The van der Waals surface area contributed by atoms with E-state index in [0.29, 0.717) is 29.2 Å². The average molecular weight is 631 g/mol. The first-order valence-corrected chi connectivity index (χ1v) is 15.4. The molecule has 0 heterocycles. The second-order valence-electron chi connectivity index (χ2n) is 9.66. The minimum Gasteiger partial charge on any atom is -0.493 e. The molecule has 0 bridgehead atoms. The van der Waals surface area contributed by atoms with E-state index in [2.05, 4.69) is 15.8 Å². The van der Waals surface area contributed by atoms with Crippen molar-refractivity contribution in [1.82, 2.24) is 9.73 Å². The lowest BCUT2D eigenvalue weighted by Gasteiger charge is -2.22. The molecule has 234 valence electrons. The summed E-state index contributed by atoms with van der Waals surface area (Å²) in [6.45, 7) is -0.563. The third-order valence-corrected chi connectivity index (χ3v) is 8.36. The number of nitrogens with one attached hydrogen (secondary N) is 2. The summed E-state index contributed by atoms with van der Waals surface area (Å²) < 4.78 is 44.4. The molecule has 4 rings (SSSR count). The topological polar surface area (TPSA) is 136 Å². The first-order valence-electron chi connectivity index (χ1n) is 13.9. The highest BCUT2D eigenvalue weighted by atomic mass is 32.2. The molecule has 0 saturated carbocycles. The predicted octanol–water partition coefficient (Wildman–Crippen LogP) is 4.11. The minimum atomic E-state index is -4.09. The lowest BCUT2D eigenvalue weighted by Crippen LogP contribution is -2.40. The van der Waals surface area contributed by atoms with Gasteiger partial charge in [0.25, 0.3) is 11.8 Å². The van der Waals surface area contributed by atoms with Crippen LogP contribution in [-0.4, -0.2) is 64.7 Å². The third-order valence-electron chi connectivity index (χ3n) is 6.52. The van der Waals surface area contributed by atoms with E-state index in [-0.39, 0.29) is 29.7 Å². The summed E-state index contributed by atoms with van der Waals surface area (Å²) in [5.74, 6) is 0.206. The number of nitrogens with zero attached hydrogens (tertiary/aromatic N) is 2. The van der Waals surface area contributed by atoms with Crippen molar-refractivity contribution >= 4 is 33.7 Å². The maximum Gasteiger partial charge on any atom is 0.262 e. The quantitative estimate of drug-likeness (QED) is 0.149. The molecule has 45 heavy (non-hydrogen) atoms. The maximum atomic E-state index is 13.6. The van der Waals surface area contributed by atoms with Crippen LogP contribution in [0.25, 0.3) is 0 Å². The van der Waals surface area contributed by atoms with Gasteiger partial charge >= 0.3 is 0 Å². The Morgan fingerprint density at radius 2 is 1.49 bits per heavy atom. The van der Waals surface area contributed by atoms with Gasteiger partial charge in [-0.1, -0.05) is 48.5 Å². The van der Waals surface area contributed by atoms with Crippen LogP contribution in [0.1, 0.15) is 11.1 Å². The summed E-state index contributed by atoms with van der Waals surface area (Å²) in [5.41, 5.74) is 4.65. The number of benzene rings is 4. The van der Waals surface area contributed by atoms with E-state index >= 15 is 0 Å². The van der Waals surface area contributed by atoms with Crippen molar-refractivity contribution in [2.45, 2.75) is 11.3 Å². The van der Waals surface area contributed by atoms with Gasteiger partial charge in [-0.15, -0.1) is 0 Å². The number of para-hydroxylation sites is 1. The molecule has 4 aromatic rings. The fraction of sp³-hybridized carbons (Fsp3) is 0.182. The molecule has 11 nitrogen and oxygen atoms in total. The Kier molecular flexibility index (Phi) is 11.7. The number of amides is 2. The van der Waals surface area contributed by atoms with Crippen molar-refractivity contribution in [2.24, 2.45) is 5.10 Å². The highest BCUT2D eigenvalue weighted by Crippen LogP contribution is 2.30. The molecule has 0 aromatic heterocycles. The Labute approximate surface area is 262 Å². The van der Waals surface area contributed by atoms with Crippen LogP contribution < -0.4 is 25.0 Å². The Morgan fingerprint density at radius 1 is 0.822 bits per heavy atom. The molecule has 0 aliphatic heterocycles. The standard InChI is InChI=1S/C33H34N4O7S/c1-42-30-18-17-29(21-31(30)43-2)45(40,41)37(20-19-25-9-5-3-6-10-25)23-32(38)36-34-22-26-13-15-28(16-14-26)44-24-33(39)35-27-11-7-4-8-12-27/h3-18,21-22H,19-20,23-24H2,1-2H3,(H,35,39)(H,36,38)/b34-22+. The highest BCUT2D eigenvalue weighted by Gasteiger charge is 2.27. The molecule has 0 spiro atoms. The smallest absolute Gasteiger partial charge is 0.262 e. The van der Waals surface area contributed by atoms with Crippen molar-refractivity contribution in [1.29, 1.82) is 0 Å². The van der Waals surface area contributed by atoms with Gasteiger partial charge in [0.15, 0.2) is 18.1 Å².